The Balaban J connectivity index is 1.86. The van der Waals surface area contributed by atoms with Crippen LogP contribution in [0.3, 0.4) is 0 Å². The summed E-state index contributed by atoms with van der Waals surface area (Å²) in [4.78, 5) is 5.27. The molecule has 0 radical (unpaired) electrons. The number of nitrogens with zero attached hydrogens (tertiary/aromatic N) is 2. The van der Waals surface area contributed by atoms with Crippen LogP contribution in [0.2, 0.25) is 0 Å². The van der Waals surface area contributed by atoms with Crippen molar-refractivity contribution < 1.29 is 0 Å². The Hall–Kier alpha value is -0.0800. The molecule has 2 aliphatic rings. The Morgan fingerprint density at radius 1 is 1.08 bits per heavy atom. The van der Waals surface area contributed by atoms with Gasteiger partial charge in [-0.05, 0) is 46.7 Å². The summed E-state index contributed by atoms with van der Waals surface area (Å²) >= 11 is 0. The topological polar surface area (TPSA) is 6.48 Å². The summed E-state index contributed by atoms with van der Waals surface area (Å²) in [5.74, 6) is 0. The van der Waals surface area contributed by atoms with Gasteiger partial charge >= 0.3 is 0 Å². The smallest absolute Gasteiger partial charge is 0.0235 e. The minimum atomic E-state index is 0.375. The standard InChI is InChI=1S/C11H22N2/c1-11(2,3)13-8-5-10(9-13)12-6-4-7-12/h10H,4-9H2,1-3H3/t10-/m0/s1. The summed E-state index contributed by atoms with van der Waals surface area (Å²) in [7, 11) is 0. The third kappa shape index (κ3) is 1.89. The molecule has 0 aromatic carbocycles. The Morgan fingerprint density at radius 2 is 1.77 bits per heavy atom. The van der Waals surface area contributed by atoms with Gasteiger partial charge in [0.05, 0.1) is 0 Å². The molecule has 2 fully saturated rings. The van der Waals surface area contributed by atoms with E-state index in [2.05, 4.69) is 30.6 Å². The molecular formula is C11H22N2. The SMILES string of the molecule is CC(C)(C)N1CC[C@H](N2CCC2)C1. The van der Waals surface area contributed by atoms with Crippen LogP contribution in [0.4, 0.5) is 0 Å². The van der Waals surface area contributed by atoms with Gasteiger partial charge in [0, 0.05) is 24.7 Å². The quantitative estimate of drug-likeness (QED) is 0.607. The predicted octanol–water partition coefficient (Wildman–Crippen LogP) is 1.56. The second-order valence-corrected chi connectivity index (χ2v) is 5.45. The average Bonchev–Trinajstić information content (AvgIpc) is 2.29. The van der Waals surface area contributed by atoms with Gasteiger partial charge in [0.15, 0.2) is 0 Å². The third-order valence-corrected chi connectivity index (χ3v) is 3.52. The van der Waals surface area contributed by atoms with E-state index in [0.717, 1.165) is 6.04 Å². The molecule has 0 spiro atoms. The fourth-order valence-electron chi connectivity index (χ4n) is 2.35. The van der Waals surface area contributed by atoms with E-state index >= 15 is 0 Å². The predicted molar refractivity (Wildman–Crippen MR) is 55.9 cm³/mol. The van der Waals surface area contributed by atoms with Crippen molar-refractivity contribution in [2.24, 2.45) is 0 Å². The van der Waals surface area contributed by atoms with Crippen LogP contribution in [-0.4, -0.2) is 47.6 Å². The first-order valence-electron chi connectivity index (χ1n) is 5.56. The summed E-state index contributed by atoms with van der Waals surface area (Å²) in [6.45, 7) is 12.3. The molecule has 76 valence electrons. The lowest BCUT2D eigenvalue weighted by Gasteiger charge is -2.38. The van der Waals surface area contributed by atoms with E-state index in [1.807, 2.05) is 0 Å². The molecule has 2 saturated heterocycles. The van der Waals surface area contributed by atoms with Crippen molar-refractivity contribution in [3.63, 3.8) is 0 Å². The first-order chi connectivity index (χ1) is 6.07. The Morgan fingerprint density at radius 3 is 2.15 bits per heavy atom. The van der Waals surface area contributed by atoms with E-state index in [9.17, 15) is 0 Å². The zero-order valence-corrected chi connectivity index (χ0v) is 9.21. The fourth-order valence-corrected chi connectivity index (χ4v) is 2.35. The van der Waals surface area contributed by atoms with Crippen LogP contribution in [0.5, 0.6) is 0 Å². The van der Waals surface area contributed by atoms with Crippen molar-refractivity contribution in [1.29, 1.82) is 0 Å². The van der Waals surface area contributed by atoms with Crippen molar-refractivity contribution in [2.45, 2.75) is 45.2 Å². The molecule has 2 rings (SSSR count). The van der Waals surface area contributed by atoms with Gasteiger partial charge in [-0.1, -0.05) is 0 Å². The van der Waals surface area contributed by atoms with Crippen molar-refractivity contribution in [1.82, 2.24) is 9.80 Å². The molecule has 0 N–H and O–H groups in total. The van der Waals surface area contributed by atoms with Gasteiger partial charge in [0.2, 0.25) is 0 Å². The van der Waals surface area contributed by atoms with E-state index in [-0.39, 0.29) is 0 Å². The maximum atomic E-state index is 2.64. The maximum absolute atomic E-state index is 2.64. The molecule has 0 amide bonds. The zero-order valence-electron chi connectivity index (χ0n) is 9.21. The molecule has 13 heavy (non-hydrogen) atoms. The van der Waals surface area contributed by atoms with Crippen molar-refractivity contribution in [3.05, 3.63) is 0 Å². The highest BCUT2D eigenvalue weighted by Gasteiger charge is 2.34. The highest BCUT2D eigenvalue weighted by molar-refractivity contribution is 4.91. The minimum absolute atomic E-state index is 0.375. The first-order valence-corrected chi connectivity index (χ1v) is 5.56. The first kappa shape index (κ1) is 9.47. The van der Waals surface area contributed by atoms with Crippen LogP contribution in [-0.2, 0) is 0 Å². The second kappa shape index (κ2) is 3.25. The molecule has 2 nitrogen and oxygen atoms in total. The molecule has 0 unspecified atom stereocenters. The molecule has 0 aromatic heterocycles. The molecule has 0 bridgehead atoms. The monoisotopic (exact) mass is 182 g/mol. The van der Waals surface area contributed by atoms with Crippen LogP contribution in [0.1, 0.15) is 33.6 Å². The van der Waals surface area contributed by atoms with E-state index in [0.29, 0.717) is 5.54 Å². The van der Waals surface area contributed by atoms with Gasteiger partial charge < -0.3 is 0 Å². The maximum Gasteiger partial charge on any atom is 0.0235 e. The zero-order chi connectivity index (χ0) is 9.47. The minimum Gasteiger partial charge on any atom is -0.299 e. The van der Waals surface area contributed by atoms with Crippen LogP contribution < -0.4 is 0 Å². The lowest BCUT2D eigenvalue weighted by molar-refractivity contribution is 0.102. The number of hydrogen-bond acceptors (Lipinski definition) is 2. The van der Waals surface area contributed by atoms with Crippen LogP contribution in [0.15, 0.2) is 0 Å². The average molecular weight is 182 g/mol. The second-order valence-electron chi connectivity index (χ2n) is 5.45. The largest absolute Gasteiger partial charge is 0.299 e. The Bertz CT molecular complexity index is 179. The summed E-state index contributed by atoms with van der Waals surface area (Å²) in [5.41, 5.74) is 0.375. The molecular weight excluding hydrogens is 160 g/mol. The van der Waals surface area contributed by atoms with E-state index < -0.39 is 0 Å². The van der Waals surface area contributed by atoms with Gasteiger partial charge in [-0.15, -0.1) is 0 Å². The number of hydrogen-bond donors (Lipinski definition) is 0. The molecule has 2 heteroatoms. The lowest BCUT2D eigenvalue weighted by Crippen LogP contribution is -2.48. The van der Waals surface area contributed by atoms with Crippen LogP contribution >= 0.6 is 0 Å². The molecule has 0 saturated carbocycles. The summed E-state index contributed by atoms with van der Waals surface area (Å²) in [5, 5.41) is 0. The molecule has 2 aliphatic heterocycles. The van der Waals surface area contributed by atoms with Crippen LogP contribution in [0, 0.1) is 0 Å². The van der Waals surface area contributed by atoms with E-state index in [1.54, 1.807) is 0 Å². The molecule has 2 heterocycles. The molecule has 0 aliphatic carbocycles. The Labute approximate surface area is 81.9 Å². The van der Waals surface area contributed by atoms with Crippen molar-refractivity contribution in [3.8, 4) is 0 Å². The van der Waals surface area contributed by atoms with Gasteiger partial charge in [-0.3, -0.25) is 9.80 Å². The number of rotatable bonds is 1. The highest BCUT2D eigenvalue weighted by atomic mass is 15.3. The van der Waals surface area contributed by atoms with Gasteiger partial charge in [0.1, 0.15) is 0 Å². The molecule has 0 aromatic rings. The Kier molecular flexibility index (Phi) is 2.37. The van der Waals surface area contributed by atoms with Gasteiger partial charge in [-0.25, -0.2) is 0 Å². The molecule has 1 atom stereocenters. The van der Waals surface area contributed by atoms with Gasteiger partial charge in [-0.2, -0.15) is 0 Å². The lowest BCUT2D eigenvalue weighted by atomic mass is 10.1. The van der Waals surface area contributed by atoms with E-state index in [4.69, 9.17) is 0 Å². The highest BCUT2D eigenvalue weighted by Crippen LogP contribution is 2.25. The van der Waals surface area contributed by atoms with Crippen molar-refractivity contribution in [2.75, 3.05) is 26.2 Å². The number of likely N-dealkylation sites (tertiary alicyclic amines) is 2. The van der Waals surface area contributed by atoms with Gasteiger partial charge in [0.25, 0.3) is 0 Å². The third-order valence-electron chi connectivity index (χ3n) is 3.52. The van der Waals surface area contributed by atoms with Crippen molar-refractivity contribution >= 4 is 0 Å². The van der Waals surface area contributed by atoms with Crippen LogP contribution in [0.25, 0.3) is 0 Å². The summed E-state index contributed by atoms with van der Waals surface area (Å²) < 4.78 is 0. The fraction of sp³-hybridized carbons (Fsp3) is 1.00. The summed E-state index contributed by atoms with van der Waals surface area (Å²) in [6.07, 6.45) is 2.81. The van der Waals surface area contributed by atoms with E-state index in [1.165, 1.54) is 39.0 Å². The summed E-state index contributed by atoms with van der Waals surface area (Å²) in [6, 6.07) is 0.868. The normalized spacial score (nSPS) is 32.1.